The van der Waals surface area contributed by atoms with Gasteiger partial charge in [0.1, 0.15) is 0 Å². The molecule has 0 aromatic carbocycles. The third kappa shape index (κ3) is 2.84. The molecule has 0 N–H and O–H groups in total. The van der Waals surface area contributed by atoms with Crippen LogP contribution < -0.4 is 0 Å². The van der Waals surface area contributed by atoms with Crippen LogP contribution in [0.3, 0.4) is 0 Å². The molecule has 140 valence electrons. The van der Waals surface area contributed by atoms with Crippen molar-refractivity contribution >= 4 is 5.91 Å². The van der Waals surface area contributed by atoms with Gasteiger partial charge in [-0.05, 0) is 39.8 Å². The smallest absolute Gasteiger partial charge is 0.257 e. The summed E-state index contributed by atoms with van der Waals surface area (Å²) in [6.07, 6.45) is 8.04. The second-order valence-electron chi connectivity index (χ2n) is 8.21. The van der Waals surface area contributed by atoms with Gasteiger partial charge in [0, 0.05) is 56.6 Å². The average Bonchev–Trinajstić information content (AvgIpc) is 3.22. The SMILES string of the molecule is CC(C)n1cc2c(n1)C1(CCN(Cc3cnn(C)c3)CC1)CN(C)C2=O. The molecule has 1 fully saturated rings. The number of piperidine rings is 1. The molecule has 0 radical (unpaired) electrons. The fraction of sp³-hybridized carbons (Fsp3) is 0.632. The van der Waals surface area contributed by atoms with Crippen molar-refractivity contribution in [1.82, 2.24) is 29.4 Å². The molecule has 0 atom stereocenters. The topological polar surface area (TPSA) is 59.2 Å². The van der Waals surface area contributed by atoms with Crippen LogP contribution in [-0.2, 0) is 19.0 Å². The van der Waals surface area contributed by atoms with E-state index in [2.05, 4.69) is 30.0 Å². The van der Waals surface area contributed by atoms with Crippen LogP contribution in [0, 0.1) is 0 Å². The molecule has 4 heterocycles. The zero-order chi connectivity index (χ0) is 18.5. The summed E-state index contributed by atoms with van der Waals surface area (Å²) >= 11 is 0. The molecule has 7 nitrogen and oxygen atoms in total. The minimum atomic E-state index is -0.0103. The van der Waals surface area contributed by atoms with E-state index < -0.39 is 0 Å². The summed E-state index contributed by atoms with van der Waals surface area (Å²) in [6.45, 7) is 7.96. The van der Waals surface area contributed by atoms with Gasteiger partial charge in [0.25, 0.3) is 5.91 Å². The third-order valence-electron chi connectivity index (χ3n) is 5.86. The van der Waals surface area contributed by atoms with Gasteiger partial charge in [0.2, 0.25) is 0 Å². The van der Waals surface area contributed by atoms with Crippen molar-refractivity contribution in [2.75, 3.05) is 26.7 Å². The molecule has 7 heteroatoms. The summed E-state index contributed by atoms with van der Waals surface area (Å²) in [5, 5.41) is 9.13. The molecule has 1 amide bonds. The van der Waals surface area contributed by atoms with Crippen molar-refractivity contribution in [1.29, 1.82) is 0 Å². The molecule has 0 bridgehead atoms. The minimum Gasteiger partial charge on any atom is -0.341 e. The number of hydrogen-bond acceptors (Lipinski definition) is 4. The summed E-state index contributed by atoms with van der Waals surface area (Å²) in [7, 11) is 3.87. The van der Waals surface area contributed by atoms with Crippen LogP contribution in [0.15, 0.2) is 18.6 Å². The van der Waals surface area contributed by atoms with Gasteiger partial charge < -0.3 is 4.90 Å². The molecule has 2 aliphatic rings. The largest absolute Gasteiger partial charge is 0.341 e. The number of rotatable bonds is 3. The fourth-order valence-corrected chi connectivity index (χ4v) is 4.36. The normalized spacial score (nSPS) is 20.2. The minimum absolute atomic E-state index is 0.0103. The standard InChI is InChI=1S/C19H28N6O/c1-14(2)25-12-16-17(21-25)19(13-22(3)18(16)26)5-7-24(8-6-19)11-15-9-20-23(4)10-15/h9-10,12,14H,5-8,11,13H2,1-4H3. The summed E-state index contributed by atoms with van der Waals surface area (Å²) < 4.78 is 3.80. The number of nitrogens with zero attached hydrogens (tertiary/aromatic N) is 6. The number of likely N-dealkylation sites (tertiary alicyclic amines) is 1. The predicted molar refractivity (Wildman–Crippen MR) is 99.0 cm³/mol. The molecule has 0 unspecified atom stereocenters. The number of carbonyl (C=O) groups excluding carboxylic acids is 1. The van der Waals surface area contributed by atoms with Gasteiger partial charge in [-0.3, -0.25) is 19.1 Å². The van der Waals surface area contributed by atoms with Gasteiger partial charge in [-0.15, -0.1) is 0 Å². The van der Waals surface area contributed by atoms with E-state index in [0.29, 0.717) is 0 Å². The molecule has 1 spiro atoms. The van der Waals surface area contributed by atoms with E-state index >= 15 is 0 Å². The Morgan fingerprint density at radius 2 is 1.92 bits per heavy atom. The Bertz CT molecular complexity index is 812. The van der Waals surface area contributed by atoms with Gasteiger partial charge in [-0.25, -0.2) is 0 Å². The highest BCUT2D eigenvalue weighted by Gasteiger charge is 2.46. The highest BCUT2D eigenvalue weighted by atomic mass is 16.2. The Morgan fingerprint density at radius 1 is 1.19 bits per heavy atom. The number of aromatic nitrogens is 4. The Morgan fingerprint density at radius 3 is 2.54 bits per heavy atom. The van der Waals surface area contributed by atoms with Crippen LogP contribution in [0.1, 0.15) is 54.3 Å². The zero-order valence-electron chi connectivity index (χ0n) is 16.1. The Kier molecular flexibility index (Phi) is 4.14. The second-order valence-corrected chi connectivity index (χ2v) is 8.21. The summed E-state index contributed by atoms with van der Waals surface area (Å²) in [6, 6.07) is 0.265. The molecule has 2 aromatic rings. The van der Waals surface area contributed by atoms with Gasteiger partial charge in [0.05, 0.1) is 17.5 Å². The van der Waals surface area contributed by atoms with Crippen LogP contribution in [-0.4, -0.2) is 61.9 Å². The van der Waals surface area contributed by atoms with Gasteiger partial charge >= 0.3 is 0 Å². The van der Waals surface area contributed by atoms with E-state index in [4.69, 9.17) is 5.10 Å². The molecule has 4 rings (SSSR count). The predicted octanol–water partition coefficient (Wildman–Crippen LogP) is 1.82. The van der Waals surface area contributed by atoms with Crippen molar-refractivity contribution in [2.45, 2.75) is 44.7 Å². The average molecular weight is 356 g/mol. The highest BCUT2D eigenvalue weighted by Crippen LogP contribution is 2.41. The van der Waals surface area contributed by atoms with Crippen molar-refractivity contribution in [3.8, 4) is 0 Å². The Hall–Kier alpha value is -2.15. The van der Waals surface area contributed by atoms with E-state index in [1.54, 1.807) is 0 Å². The number of hydrogen-bond donors (Lipinski definition) is 0. The molecule has 2 aromatic heterocycles. The first-order valence-electron chi connectivity index (χ1n) is 9.43. The molecule has 2 aliphatic heterocycles. The Labute approximate surface area is 154 Å². The first-order chi connectivity index (χ1) is 12.4. The van der Waals surface area contributed by atoms with E-state index in [1.807, 2.05) is 40.8 Å². The fourth-order valence-electron chi connectivity index (χ4n) is 4.36. The summed E-state index contributed by atoms with van der Waals surface area (Å²) in [5.41, 5.74) is 3.07. The lowest BCUT2D eigenvalue weighted by molar-refractivity contribution is 0.0628. The molecule has 26 heavy (non-hydrogen) atoms. The van der Waals surface area contributed by atoms with Crippen LogP contribution >= 0.6 is 0 Å². The number of likely N-dealkylation sites (N-methyl/N-ethyl adjacent to an activating group) is 1. The monoisotopic (exact) mass is 356 g/mol. The van der Waals surface area contributed by atoms with Crippen molar-refractivity contribution < 1.29 is 4.79 Å². The van der Waals surface area contributed by atoms with E-state index in [9.17, 15) is 4.79 Å². The maximum atomic E-state index is 12.6. The van der Waals surface area contributed by atoms with Crippen molar-refractivity contribution in [3.05, 3.63) is 35.4 Å². The van der Waals surface area contributed by atoms with E-state index in [1.165, 1.54) is 5.56 Å². The van der Waals surface area contributed by atoms with Crippen LogP contribution in [0.5, 0.6) is 0 Å². The van der Waals surface area contributed by atoms with E-state index in [0.717, 1.165) is 50.3 Å². The lowest BCUT2D eigenvalue weighted by atomic mass is 9.72. The number of fused-ring (bicyclic) bond motifs is 2. The molecule has 0 saturated carbocycles. The zero-order valence-corrected chi connectivity index (χ0v) is 16.1. The van der Waals surface area contributed by atoms with E-state index in [-0.39, 0.29) is 17.4 Å². The van der Waals surface area contributed by atoms with Gasteiger partial charge in [-0.1, -0.05) is 0 Å². The van der Waals surface area contributed by atoms with Gasteiger partial charge in [-0.2, -0.15) is 10.2 Å². The molecule has 0 aliphatic carbocycles. The molecular formula is C19H28N6O. The van der Waals surface area contributed by atoms with Crippen LogP contribution in [0.25, 0.3) is 0 Å². The highest BCUT2D eigenvalue weighted by molar-refractivity contribution is 5.96. The van der Waals surface area contributed by atoms with Crippen LogP contribution in [0.2, 0.25) is 0 Å². The van der Waals surface area contributed by atoms with Crippen LogP contribution in [0.4, 0.5) is 0 Å². The lowest BCUT2D eigenvalue weighted by Crippen LogP contribution is -2.53. The first kappa shape index (κ1) is 17.3. The van der Waals surface area contributed by atoms with Crippen molar-refractivity contribution in [2.24, 2.45) is 7.05 Å². The number of carbonyl (C=O) groups is 1. The number of aryl methyl sites for hydroxylation is 1. The summed E-state index contributed by atoms with van der Waals surface area (Å²) in [4.78, 5) is 17.0. The van der Waals surface area contributed by atoms with Gasteiger partial charge in [0.15, 0.2) is 0 Å². The maximum Gasteiger partial charge on any atom is 0.257 e. The summed E-state index contributed by atoms with van der Waals surface area (Å²) in [5.74, 6) is 0.107. The van der Waals surface area contributed by atoms with Crippen molar-refractivity contribution in [3.63, 3.8) is 0 Å². The third-order valence-corrected chi connectivity index (χ3v) is 5.86. The lowest BCUT2D eigenvalue weighted by Gasteiger charge is -2.45. The molecule has 1 saturated heterocycles. The maximum absolute atomic E-state index is 12.6. The second kappa shape index (κ2) is 6.23. The Balaban J connectivity index is 1.56. The number of amides is 1. The quantitative estimate of drug-likeness (QED) is 0.842. The first-order valence-corrected chi connectivity index (χ1v) is 9.43. The molecular weight excluding hydrogens is 328 g/mol.